The maximum Gasteiger partial charge on any atom is 0.225 e. The van der Waals surface area contributed by atoms with Crippen LogP contribution in [-0.2, 0) is 4.79 Å². The summed E-state index contributed by atoms with van der Waals surface area (Å²) in [5.41, 5.74) is 5.09. The second-order valence-corrected chi connectivity index (χ2v) is 9.39. The van der Waals surface area contributed by atoms with Gasteiger partial charge in [0, 0.05) is 74.2 Å². The fraction of sp³-hybridized carbons (Fsp3) is 0.462. The molecule has 184 valence electrons. The van der Waals surface area contributed by atoms with Gasteiger partial charge in [-0.1, -0.05) is 18.2 Å². The lowest BCUT2D eigenvalue weighted by atomic mass is 10.1. The van der Waals surface area contributed by atoms with Crippen molar-refractivity contribution in [3.63, 3.8) is 0 Å². The molecule has 0 bridgehead atoms. The molecular formula is C26H32FN7O. The van der Waals surface area contributed by atoms with Crippen molar-refractivity contribution in [2.45, 2.75) is 39.0 Å². The van der Waals surface area contributed by atoms with Crippen LogP contribution < -0.4 is 9.80 Å². The number of alkyl halides is 1. The van der Waals surface area contributed by atoms with E-state index in [4.69, 9.17) is 0 Å². The van der Waals surface area contributed by atoms with Crippen LogP contribution in [0.5, 0.6) is 0 Å². The van der Waals surface area contributed by atoms with E-state index >= 15 is 0 Å². The average molecular weight is 478 g/mol. The number of benzene rings is 1. The van der Waals surface area contributed by atoms with Crippen LogP contribution >= 0.6 is 0 Å². The first-order valence-corrected chi connectivity index (χ1v) is 12.3. The van der Waals surface area contributed by atoms with Gasteiger partial charge in [0.25, 0.3) is 0 Å². The summed E-state index contributed by atoms with van der Waals surface area (Å²) in [6.45, 7) is 8.37. The molecule has 2 aliphatic heterocycles. The highest BCUT2D eigenvalue weighted by atomic mass is 19.1. The summed E-state index contributed by atoms with van der Waals surface area (Å²) in [5, 5.41) is 4.53. The number of halogens is 1. The Morgan fingerprint density at radius 1 is 0.971 bits per heavy atom. The van der Waals surface area contributed by atoms with Crippen molar-refractivity contribution in [3.05, 3.63) is 54.1 Å². The lowest BCUT2D eigenvalue weighted by Gasteiger charge is -2.39. The number of aldehydes is 1. The first kappa shape index (κ1) is 23.4. The van der Waals surface area contributed by atoms with Gasteiger partial charge in [-0.05, 0) is 38.8 Å². The van der Waals surface area contributed by atoms with Crippen LogP contribution in [0.1, 0.15) is 30.4 Å². The van der Waals surface area contributed by atoms with E-state index < -0.39 is 6.17 Å². The van der Waals surface area contributed by atoms with Crippen molar-refractivity contribution >= 4 is 17.9 Å². The van der Waals surface area contributed by atoms with Crippen LogP contribution in [0.3, 0.4) is 0 Å². The number of anilines is 2. The summed E-state index contributed by atoms with van der Waals surface area (Å²) >= 11 is 0. The third kappa shape index (κ3) is 4.91. The Morgan fingerprint density at radius 3 is 2.29 bits per heavy atom. The van der Waals surface area contributed by atoms with E-state index in [-0.39, 0.29) is 6.17 Å². The Labute approximate surface area is 205 Å². The monoisotopic (exact) mass is 477 g/mol. The van der Waals surface area contributed by atoms with Gasteiger partial charge in [-0.15, -0.1) is 0 Å². The molecule has 0 aliphatic carbocycles. The van der Waals surface area contributed by atoms with Crippen LogP contribution in [0.15, 0.2) is 42.7 Å². The van der Waals surface area contributed by atoms with Crippen LogP contribution in [0.4, 0.5) is 16.0 Å². The molecule has 5 rings (SSSR count). The molecule has 4 heterocycles. The SMILES string of the molecule is Cc1cc(C)n(C(C=O)N2CCN(c3ccccc3-c3cnc(N4CCC(F)CC4)nc3)CC2)n1. The lowest BCUT2D eigenvalue weighted by molar-refractivity contribution is -0.116. The molecule has 35 heavy (non-hydrogen) atoms. The van der Waals surface area contributed by atoms with Crippen molar-refractivity contribution in [2.24, 2.45) is 0 Å². The van der Waals surface area contributed by atoms with Crippen LogP contribution in [-0.4, -0.2) is 76.4 Å². The predicted molar refractivity (Wildman–Crippen MR) is 134 cm³/mol. The summed E-state index contributed by atoms with van der Waals surface area (Å²) in [4.78, 5) is 27.8. The molecule has 1 unspecified atom stereocenters. The van der Waals surface area contributed by atoms with Gasteiger partial charge in [0.2, 0.25) is 5.95 Å². The summed E-state index contributed by atoms with van der Waals surface area (Å²) < 4.78 is 15.3. The standard InChI is InChI=1S/C26H32FN7O/c1-19-15-20(2)34(30-19)25(18-35)32-13-11-31(12-14-32)24-6-4-3-5-23(24)21-16-28-26(29-17-21)33-9-7-22(27)8-10-33/h3-6,15-18,22,25H,7-14H2,1-2H3. The van der Waals surface area contributed by atoms with Crippen molar-refractivity contribution in [1.82, 2.24) is 24.6 Å². The van der Waals surface area contributed by atoms with E-state index in [2.05, 4.69) is 41.9 Å². The zero-order valence-corrected chi connectivity index (χ0v) is 20.3. The second-order valence-electron chi connectivity index (χ2n) is 9.39. The third-order valence-electron chi connectivity index (χ3n) is 7.01. The molecule has 2 aliphatic rings. The molecule has 0 saturated carbocycles. The number of hydrogen-bond acceptors (Lipinski definition) is 7. The largest absolute Gasteiger partial charge is 0.368 e. The topological polar surface area (TPSA) is 70.4 Å². The first-order valence-electron chi connectivity index (χ1n) is 12.3. The normalized spacial score (nSPS) is 18.6. The van der Waals surface area contributed by atoms with E-state index in [1.54, 1.807) is 0 Å². The molecular weight excluding hydrogens is 445 g/mol. The molecule has 0 N–H and O–H groups in total. The van der Waals surface area contributed by atoms with E-state index in [9.17, 15) is 9.18 Å². The maximum atomic E-state index is 13.5. The molecule has 3 aromatic rings. The highest BCUT2D eigenvalue weighted by Gasteiger charge is 2.27. The highest BCUT2D eigenvalue weighted by molar-refractivity contribution is 5.78. The molecule has 2 fully saturated rings. The quantitative estimate of drug-likeness (QED) is 0.504. The molecule has 0 spiro atoms. The minimum Gasteiger partial charge on any atom is -0.368 e. The van der Waals surface area contributed by atoms with Gasteiger partial charge >= 0.3 is 0 Å². The molecule has 2 aromatic heterocycles. The van der Waals surface area contributed by atoms with E-state index in [0.29, 0.717) is 31.9 Å². The second kappa shape index (κ2) is 10.1. The van der Waals surface area contributed by atoms with E-state index in [1.165, 1.54) is 0 Å². The zero-order valence-electron chi connectivity index (χ0n) is 20.3. The fourth-order valence-corrected chi connectivity index (χ4v) is 5.10. The number of para-hydroxylation sites is 1. The summed E-state index contributed by atoms with van der Waals surface area (Å²) in [6.07, 6.45) is 4.68. The van der Waals surface area contributed by atoms with Crippen LogP contribution in [0, 0.1) is 13.8 Å². The number of nitrogens with zero attached hydrogens (tertiary/aromatic N) is 7. The Morgan fingerprint density at radius 2 is 1.66 bits per heavy atom. The highest BCUT2D eigenvalue weighted by Crippen LogP contribution is 2.32. The predicted octanol–water partition coefficient (Wildman–Crippen LogP) is 3.41. The Bertz CT molecular complexity index is 1150. The molecule has 8 nitrogen and oxygen atoms in total. The summed E-state index contributed by atoms with van der Waals surface area (Å²) in [5.74, 6) is 0.663. The summed E-state index contributed by atoms with van der Waals surface area (Å²) in [7, 11) is 0. The first-order chi connectivity index (χ1) is 17.0. The van der Waals surface area contributed by atoms with Crippen molar-refractivity contribution < 1.29 is 9.18 Å². The van der Waals surface area contributed by atoms with Gasteiger partial charge in [0.1, 0.15) is 6.17 Å². The smallest absolute Gasteiger partial charge is 0.225 e. The number of carbonyl (C=O) groups excluding carboxylic acids is 1. The molecule has 0 amide bonds. The molecule has 1 aromatic carbocycles. The van der Waals surface area contributed by atoms with E-state index in [1.807, 2.05) is 49.1 Å². The molecule has 1 atom stereocenters. The zero-order chi connectivity index (χ0) is 24.4. The van der Waals surface area contributed by atoms with Crippen molar-refractivity contribution in [1.29, 1.82) is 0 Å². The number of aromatic nitrogens is 4. The van der Waals surface area contributed by atoms with Crippen LogP contribution in [0.25, 0.3) is 11.1 Å². The van der Waals surface area contributed by atoms with Gasteiger partial charge in [-0.2, -0.15) is 5.10 Å². The van der Waals surface area contributed by atoms with Gasteiger partial charge in [0.05, 0.1) is 5.69 Å². The Hall–Kier alpha value is -3.33. The number of rotatable bonds is 6. The number of aryl methyl sites for hydroxylation is 2. The van der Waals surface area contributed by atoms with Crippen molar-refractivity contribution in [2.75, 3.05) is 49.1 Å². The number of carbonyl (C=O) groups is 1. The molecule has 9 heteroatoms. The van der Waals surface area contributed by atoms with E-state index in [0.717, 1.165) is 60.7 Å². The summed E-state index contributed by atoms with van der Waals surface area (Å²) in [6, 6.07) is 10.3. The Kier molecular flexibility index (Phi) is 6.77. The lowest BCUT2D eigenvalue weighted by Crippen LogP contribution is -2.49. The van der Waals surface area contributed by atoms with Gasteiger partial charge < -0.3 is 9.80 Å². The fourth-order valence-electron chi connectivity index (χ4n) is 5.10. The minimum absolute atomic E-state index is 0.385. The maximum absolute atomic E-state index is 13.5. The van der Waals surface area contributed by atoms with Gasteiger partial charge in [-0.3, -0.25) is 9.69 Å². The minimum atomic E-state index is -0.715. The molecule has 2 saturated heterocycles. The van der Waals surface area contributed by atoms with Crippen molar-refractivity contribution in [3.8, 4) is 11.1 Å². The van der Waals surface area contributed by atoms with Crippen LogP contribution in [0.2, 0.25) is 0 Å². The third-order valence-corrected chi connectivity index (χ3v) is 7.01. The average Bonchev–Trinajstić information content (AvgIpc) is 3.23. The van der Waals surface area contributed by atoms with Gasteiger partial charge in [-0.25, -0.2) is 19.0 Å². The molecule has 0 radical (unpaired) electrons. The number of hydrogen-bond donors (Lipinski definition) is 0. The van der Waals surface area contributed by atoms with Gasteiger partial charge in [0.15, 0.2) is 12.5 Å². The Balaban J connectivity index is 1.29. The number of piperazine rings is 1. The number of piperidine rings is 1.